The van der Waals surface area contributed by atoms with Crippen LogP contribution in [0.5, 0.6) is 0 Å². The van der Waals surface area contributed by atoms with Crippen molar-refractivity contribution in [3.8, 4) is 11.1 Å². The number of amides is 1. The number of nitrogens with one attached hydrogen (secondary N) is 1. The van der Waals surface area contributed by atoms with Gasteiger partial charge < -0.3 is 10.1 Å². The largest absolute Gasteiger partial charge is 0.454 e. The fraction of sp³-hybridized carbons (Fsp3) is 0.222. The van der Waals surface area contributed by atoms with Crippen molar-refractivity contribution in [2.75, 3.05) is 17.7 Å². The first-order chi connectivity index (χ1) is 15.8. The molecule has 0 aliphatic carbocycles. The maximum absolute atomic E-state index is 12.7. The van der Waals surface area contributed by atoms with Gasteiger partial charge in [-0.15, -0.1) is 11.8 Å². The van der Waals surface area contributed by atoms with Gasteiger partial charge in [-0.05, 0) is 23.8 Å². The number of hydrogen-bond donors (Lipinski definition) is 1. The van der Waals surface area contributed by atoms with Crippen LogP contribution < -0.4 is 5.32 Å². The predicted molar refractivity (Wildman–Crippen MR) is 132 cm³/mol. The third-order valence-corrected chi connectivity index (χ3v) is 6.00. The molecule has 0 unspecified atom stereocenters. The quantitative estimate of drug-likeness (QED) is 0.336. The maximum atomic E-state index is 12.7. The lowest BCUT2D eigenvalue weighted by Crippen LogP contribution is -2.26. The molecule has 1 N–H and O–H groups in total. The zero-order valence-corrected chi connectivity index (χ0v) is 19.8. The first-order valence-corrected chi connectivity index (χ1v) is 11.6. The highest BCUT2D eigenvalue weighted by atomic mass is 32.2. The van der Waals surface area contributed by atoms with E-state index in [2.05, 4.69) is 5.32 Å². The van der Waals surface area contributed by atoms with Crippen LogP contribution in [0, 0.1) is 5.41 Å². The lowest BCUT2D eigenvalue weighted by Gasteiger charge is -2.16. The van der Waals surface area contributed by atoms with Gasteiger partial charge in [-0.2, -0.15) is 0 Å². The van der Waals surface area contributed by atoms with Gasteiger partial charge in [-0.3, -0.25) is 9.59 Å². The molecule has 0 fully saturated rings. The molecule has 0 atom stereocenters. The van der Waals surface area contributed by atoms with Gasteiger partial charge in [-0.25, -0.2) is 4.79 Å². The minimum absolute atomic E-state index is 0.119. The first-order valence-electron chi connectivity index (χ1n) is 10.6. The van der Waals surface area contributed by atoms with E-state index >= 15 is 0 Å². The van der Waals surface area contributed by atoms with Crippen molar-refractivity contribution in [1.29, 1.82) is 0 Å². The van der Waals surface area contributed by atoms with Crippen LogP contribution in [-0.2, 0) is 14.3 Å². The van der Waals surface area contributed by atoms with E-state index in [1.807, 2.05) is 54.6 Å². The molecule has 0 bridgehead atoms. The molecule has 33 heavy (non-hydrogen) atoms. The smallest absolute Gasteiger partial charge is 0.339 e. The summed E-state index contributed by atoms with van der Waals surface area (Å²) in [6.45, 7) is 5.06. The monoisotopic (exact) mass is 461 g/mol. The zero-order valence-electron chi connectivity index (χ0n) is 19.0. The van der Waals surface area contributed by atoms with Gasteiger partial charge in [0.15, 0.2) is 12.4 Å². The van der Waals surface area contributed by atoms with Gasteiger partial charge in [0.2, 0.25) is 5.91 Å². The number of hydrogen-bond acceptors (Lipinski definition) is 5. The number of carbonyl (C=O) groups excluding carboxylic acids is 3. The molecule has 0 saturated carbocycles. The van der Waals surface area contributed by atoms with E-state index in [0.29, 0.717) is 10.5 Å². The highest BCUT2D eigenvalue weighted by Crippen LogP contribution is 2.28. The number of carbonyl (C=O) groups is 3. The Morgan fingerprint density at radius 1 is 0.848 bits per heavy atom. The highest BCUT2D eigenvalue weighted by Gasteiger charge is 2.23. The van der Waals surface area contributed by atoms with Crippen molar-refractivity contribution < 1.29 is 19.1 Å². The van der Waals surface area contributed by atoms with Crippen LogP contribution in [-0.4, -0.2) is 30.0 Å². The van der Waals surface area contributed by atoms with Crippen LogP contribution in [0.2, 0.25) is 0 Å². The van der Waals surface area contributed by atoms with E-state index in [-0.39, 0.29) is 24.1 Å². The average Bonchev–Trinajstić information content (AvgIpc) is 2.81. The van der Waals surface area contributed by atoms with Crippen molar-refractivity contribution in [1.82, 2.24) is 0 Å². The second-order valence-corrected chi connectivity index (χ2v) is 9.51. The van der Waals surface area contributed by atoms with Crippen LogP contribution in [0.3, 0.4) is 0 Å². The van der Waals surface area contributed by atoms with E-state index in [0.717, 1.165) is 16.8 Å². The maximum Gasteiger partial charge on any atom is 0.339 e. The Labute approximate surface area is 198 Å². The molecule has 3 rings (SSSR count). The molecule has 0 radical (unpaired) electrons. The third kappa shape index (κ3) is 6.80. The Kier molecular flexibility index (Phi) is 8.06. The molecular weight excluding hydrogens is 434 g/mol. The number of esters is 1. The number of ketones is 1. The van der Waals surface area contributed by atoms with Gasteiger partial charge in [0, 0.05) is 21.6 Å². The number of benzene rings is 3. The fourth-order valence-corrected chi connectivity index (χ4v) is 3.82. The van der Waals surface area contributed by atoms with Crippen molar-refractivity contribution in [3.05, 3.63) is 84.4 Å². The van der Waals surface area contributed by atoms with Gasteiger partial charge in [0.25, 0.3) is 0 Å². The molecule has 5 nitrogen and oxygen atoms in total. The van der Waals surface area contributed by atoms with Gasteiger partial charge >= 0.3 is 5.97 Å². The van der Waals surface area contributed by atoms with Crippen molar-refractivity contribution in [2.24, 2.45) is 5.41 Å². The molecule has 0 spiro atoms. The third-order valence-electron chi connectivity index (χ3n) is 4.92. The average molecular weight is 462 g/mol. The molecule has 6 heteroatoms. The molecule has 0 aromatic heterocycles. The second-order valence-electron chi connectivity index (χ2n) is 8.49. The van der Waals surface area contributed by atoms with Crippen molar-refractivity contribution in [3.63, 3.8) is 0 Å². The van der Waals surface area contributed by atoms with Crippen LogP contribution in [0.25, 0.3) is 11.1 Å². The fourth-order valence-electron chi connectivity index (χ4n) is 2.98. The first kappa shape index (κ1) is 24.3. The Hall–Kier alpha value is -3.38. The number of para-hydroxylation sites is 1. The standard InChI is InChI=1S/C27H27NO4S/c1-27(2,3)24(29)17-32-26(31)21-14-8-10-16-23(21)33-18-25(30)28-22-15-9-7-13-20(22)19-11-5-4-6-12-19/h4-16H,17-18H2,1-3H3,(H,28,30). The van der Waals surface area contributed by atoms with Crippen LogP contribution in [0.1, 0.15) is 31.1 Å². The molecular formula is C27H27NO4S. The van der Waals surface area contributed by atoms with Gasteiger partial charge in [0.05, 0.1) is 11.3 Å². The number of ether oxygens (including phenoxy) is 1. The summed E-state index contributed by atoms with van der Waals surface area (Å²) in [6, 6.07) is 24.4. The molecule has 1 amide bonds. The molecule has 0 aliphatic rings. The SMILES string of the molecule is CC(C)(C)C(=O)COC(=O)c1ccccc1SCC(=O)Nc1ccccc1-c1ccccc1. The highest BCUT2D eigenvalue weighted by molar-refractivity contribution is 8.00. The summed E-state index contributed by atoms with van der Waals surface area (Å²) in [5, 5.41) is 2.96. The summed E-state index contributed by atoms with van der Waals surface area (Å²) in [5.74, 6) is -0.800. The van der Waals surface area contributed by atoms with E-state index < -0.39 is 11.4 Å². The Morgan fingerprint density at radius 3 is 2.21 bits per heavy atom. The van der Waals surface area contributed by atoms with Crippen LogP contribution in [0.4, 0.5) is 5.69 Å². The number of thioether (sulfide) groups is 1. The number of anilines is 1. The lowest BCUT2D eigenvalue weighted by molar-refractivity contribution is -0.129. The molecule has 0 saturated heterocycles. The molecule has 0 heterocycles. The lowest BCUT2D eigenvalue weighted by atomic mass is 9.91. The zero-order chi connectivity index (χ0) is 23.8. The van der Waals surface area contributed by atoms with Crippen LogP contribution >= 0.6 is 11.8 Å². The predicted octanol–water partition coefficient (Wildman–Crippen LogP) is 5.86. The van der Waals surface area contributed by atoms with E-state index in [1.54, 1.807) is 45.0 Å². The van der Waals surface area contributed by atoms with E-state index in [9.17, 15) is 14.4 Å². The normalized spacial score (nSPS) is 11.0. The summed E-state index contributed by atoms with van der Waals surface area (Å²) in [5.41, 5.74) is 2.43. The molecule has 3 aromatic carbocycles. The summed E-state index contributed by atoms with van der Waals surface area (Å²) in [4.78, 5) is 37.9. The van der Waals surface area contributed by atoms with Crippen molar-refractivity contribution >= 4 is 35.1 Å². The minimum Gasteiger partial charge on any atom is -0.454 e. The van der Waals surface area contributed by atoms with E-state index in [1.165, 1.54) is 11.8 Å². The topological polar surface area (TPSA) is 72.5 Å². The minimum atomic E-state index is -0.581. The molecule has 3 aromatic rings. The molecule has 0 aliphatic heterocycles. The van der Waals surface area contributed by atoms with Gasteiger partial charge in [0.1, 0.15) is 0 Å². The number of Topliss-reactive ketones (excluding diaryl/α,β-unsaturated/α-hetero) is 1. The second kappa shape index (κ2) is 11.0. The van der Waals surface area contributed by atoms with Crippen molar-refractivity contribution in [2.45, 2.75) is 25.7 Å². The van der Waals surface area contributed by atoms with Gasteiger partial charge in [-0.1, -0.05) is 81.4 Å². The van der Waals surface area contributed by atoms with E-state index in [4.69, 9.17) is 4.74 Å². The number of rotatable bonds is 8. The Morgan fingerprint density at radius 2 is 1.48 bits per heavy atom. The summed E-state index contributed by atoms with van der Waals surface area (Å²) in [7, 11) is 0. The summed E-state index contributed by atoms with van der Waals surface area (Å²) < 4.78 is 5.22. The van der Waals surface area contributed by atoms with Crippen LogP contribution in [0.15, 0.2) is 83.8 Å². The summed E-state index contributed by atoms with van der Waals surface area (Å²) in [6.07, 6.45) is 0. The summed E-state index contributed by atoms with van der Waals surface area (Å²) >= 11 is 1.25. The Bertz CT molecular complexity index is 1140. The molecule has 170 valence electrons. The Balaban J connectivity index is 1.64.